The van der Waals surface area contributed by atoms with Crippen LogP contribution in [0.4, 0.5) is 5.69 Å². The Balaban J connectivity index is 1.00. The summed E-state index contributed by atoms with van der Waals surface area (Å²) in [5.74, 6) is 1.10. The Bertz CT molecular complexity index is 1040. The van der Waals surface area contributed by atoms with Gasteiger partial charge in [-0.25, -0.2) is 4.99 Å². The Kier molecular flexibility index (Phi) is 10.5. The zero-order chi connectivity index (χ0) is 26.0. The average Bonchev–Trinajstić information content (AvgIpc) is 3.13. The highest BCUT2D eigenvalue weighted by Gasteiger charge is 2.25. The van der Waals surface area contributed by atoms with E-state index >= 15 is 0 Å². The Morgan fingerprint density at radius 1 is 0.658 bits per heavy atom. The molecule has 2 fully saturated rings. The van der Waals surface area contributed by atoms with E-state index in [0.29, 0.717) is 13.2 Å². The smallest absolute Gasteiger partial charge is 0.137 e. The number of ether oxygens (including phenoxy) is 2. The van der Waals surface area contributed by atoms with Gasteiger partial charge in [-0.1, -0.05) is 42.1 Å². The molecule has 0 atom stereocenters. The first-order valence-corrected chi connectivity index (χ1v) is 14.7. The van der Waals surface area contributed by atoms with Crippen molar-refractivity contribution < 1.29 is 14.6 Å². The van der Waals surface area contributed by atoms with Crippen LogP contribution >= 0.6 is 11.8 Å². The maximum atomic E-state index is 8.79. The van der Waals surface area contributed by atoms with Crippen molar-refractivity contribution in [2.45, 2.75) is 9.79 Å². The van der Waals surface area contributed by atoms with Gasteiger partial charge in [-0.15, -0.1) is 0 Å². The molecule has 2 aromatic carbocycles. The summed E-state index contributed by atoms with van der Waals surface area (Å²) >= 11 is 1.82. The highest BCUT2D eigenvalue weighted by Crippen LogP contribution is 2.40. The molecule has 0 spiro atoms. The number of rotatable bonds is 11. The minimum absolute atomic E-state index is 0.101. The lowest BCUT2D eigenvalue weighted by Gasteiger charge is -2.36. The van der Waals surface area contributed by atoms with Crippen LogP contribution in [0.15, 0.2) is 63.3 Å². The monoisotopic (exact) mass is 539 g/mol. The first-order valence-electron chi connectivity index (χ1n) is 13.9. The quantitative estimate of drug-likeness (QED) is 0.437. The van der Waals surface area contributed by atoms with Gasteiger partial charge in [0.2, 0.25) is 0 Å². The van der Waals surface area contributed by atoms with Crippen LogP contribution in [0.5, 0.6) is 0 Å². The minimum Gasteiger partial charge on any atom is -0.394 e. The van der Waals surface area contributed by atoms with Crippen molar-refractivity contribution in [2.24, 2.45) is 4.99 Å². The fourth-order valence-electron chi connectivity index (χ4n) is 5.18. The predicted molar refractivity (Wildman–Crippen MR) is 153 cm³/mol. The molecule has 0 aromatic heterocycles. The molecule has 0 radical (unpaired) electrons. The summed E-state index contributed by atoms with van der Waals surface area (Å²) < 4.78 is 11.4. The Labute approximate surface area is 231 Å². The summed E-state index contributed by atoms with van der Waals surface area (Å²) in [4.78, 5) is 17.5. The molecule has 9 heteroatoms. The van der Waals surface area contributed by atoms with E-state index < -0.39 is 0 Å². The number of nitrogens with zero attached hydrogens (tertiary/aromatic N) is 5. The molecule has 0 amide bonds. The van der Waals surface area contributed by atoms with Crippen molar-refractivity contribution in [1.29, 1.82) is 0 Å². The lowest BCUT2D eigenvalue weighted by Crippen LogP contribution is -2.50. The third kappa shape index (κ3) is 7.57. The topological polar surface area (TPSA) is 64.0 Å². The Hall–Kier alpha value is -1.98. The van der Waals surface area contributed by atoms with Gasteiger partial charge in [-0.05, 0) is 18.2 Å². The van der Waals surface area contributed by atoms with Crippen LogP contribution < -0.4 is 0 Å². The molecule has 3 aliphatic heterocycles. The van der Waals surface area contributed by atoms with Gasteiger partial charge < -0.3 is 19.5 Å². The molecular weight excluding hydrogens is 498 g/mol. The lowest BCUT2D eigenvalue weighted by atomic mass is 10.1. The van der Waals surface area contributed by atoms with Gasteiger partial charge in [0.15, 0.2) is 0 Å². The zero-order valence-corrected chi connectivity index (χ0v) is 23.2. The van der Waals surface area contributed by atoms with E-state index in [1.807, 2.05) is 11.8 Å². The molecule has 38 heavy (non-hydrogen) atoms. The molecule has 2 aromatic rings. The van der Waals surface area contributed by atoms with E-state index in [2.05, 4.69) is 68.1 Å². The van der Waals surface area contributed by atoms with Gasteiger partial charge in [0.05, 0.1) is 38.7 Å². The third-order valence-corrected chi connectivity index (χ3v) is 8.61. The van der Waals surface area contributed by atoms with Gasteiger partial charge >= 0.3 is 0 Å². The normalized spacial score (nSPS) is 19.1. The summed E-state index contributed by atoms with van der Waals surface area (Å²) in [6, 6.07) is 17.1. The summed E-state index contributed by atoms with van der Waals surface area (Å²) in [5, 5.41) is 8.79. The first kappa shape index (κ1) is 27.6. The van der Waals surface area contributed by atoms with Crippen LogP contribution in [0.3, 0.4) is 0 Å². The largest absolute Gasteiger partial charge is 0.394 e. The van der Waals surface area contributed by atoms with E-state index in [-0.39, 0.29) is 6.61 Å². The second-order valence-corrected chi connectivity index (χ2v) is 11.0. The number of hydrogen-bond donors (Lipinski definition) is 1. The van der Waals surface area contributed by atoms with Crippen LogP contribution in [0.1, 0.15) is 5.56 Å². The third-order valence-electron chi connectivity index (χ3n) is 7.47. The molecule has 8 nitrogen and oxygen atoms in total. The molecule has 206 valence electrons. The summed E-state index contributed by atoms with van der Waals surface area (Å²) in [7, 11) is 0. The van der Waals surface area contributed by atoms with Crippen molar-refractivity contribution in [3.05, 3.63) is 54.1 Å². The number of aliphatic imine (C=N–C) groups is 1. The zero-order valence-electron chi connectivity index (χ0n) is 22.3. The molecule has 2 saturated heterocycles. The SMILES string of the molecule is OCCOCCN1CCN(CCOCCN2CCN(C3=Nc4ccccc4Sc4ccccc43)CC2)CC1. The van der Waals surface area contributed by atoms with E-state index in [0.717, 1.165) is 96.7 Å². The molecule has 3 heterocycles. The van der Waals surface area contributed by atoms with Gasteiger partial charge in [0, 0.05) is 87.3 Å². The van der Waals surface area contributed by atoms with E-state index in [1.165, 1.54) is 15.4 Å². The lowest BCUT2D eigenvalue weighted by molar-refractivity contribution is 0.0423. The number of amidine groups is 1. The molecule has 0 bridgehead atoms. The Morgan fingerprint density at radius 2 is 1.18 bits per heavy atom. The number of aliphatic hydroxyl groups is 1. The summed E-state index contributed by atoms with van der Waals surface area (Å²) in [6.07, 6.45) is 0. The maximum Gasteiger partial charge on any atom is 0.137 e. The Morgan fingerprint density at radius 3 is 1.82 bits per heavy atom. The average molecular weight is 540 g/mol. The number of hydrogen-bond acceptors (Lipinski definition) is 9. The fourth-order valence-corrected chi connectivity index (χ4v) is 6.20. The number of aliphatic hydroxyl groups excluding tert-OH is 1. The van der Waals surface area contributed by atoms with Crippen molar-refractivity contribution in [2.75, 3.05) is 105 Å². The van der Waals surface area contributed by atoms with Gasteiger partial charge in [0.1, 0.15) is 5.84 Å². The van der Waals surface area contributed by atoms with E-state index in [4.69, 9.17) is 19.6 Å². The van der Waals surface area contributed by atoms with Crippen molar-refractivity contribution >= 4 is 23.3 Å². The molecule has 0 saturated carbocycles. The number of para-hydroxylation sites is 1. The minimum atomic E-state index is 0.101. The molecular formula is C29H41N5O3S. The molecule has 1 N–H and O–H groups in total. The van der Waals surface area contributed by atoms with E-state index in [9.17, 15) is 0 Å². The second-order valence-electron chi connectivity index (χ2n) is 9.96. The maximum absolute atomic E-state index is 8.79. The van der Waals surface area contributed by atoms with Gasteiger partial charge in [-0.2, -0.15) is 0 Å². The fraction of sp³-hybridized carbons (Fsp3) is 0.552. The van der Waals surface area contributed by atoms with Gasteiger partial charge in [-0.3, -0.25) is 14.7 Å². The van der Waals surface area contributed by atoms with Crippen LogP contribution in [0, 0.1) is 0 Å². The van der Waals surface area contributed by atoms with Gasteiger partial charge in [0.25, 0.3) is 0 Å². The van der Waals surface area contributed by atoms with Crippen LogP contribution in [0.2, 0.25) is 0 Å². The molecule has 0 aliphatic carbocycles. The first-order chi connectivity index (χ1) is 18.8. The van der Waals surface area contributed by atoms with Crippen LogP contribution in [-0.2, 0) is 9.47 Å². The highest BCUT2D eigenvalue weighted by molar-refractivity contribution is 7.99. The highest BCUT2D eigenvalue weighted by atomic mass is 32.2. The molecule has 5 rings (SSSR count). The summed E-state index contributed by atoms with van der Waals surface area (Å²) in [6.45, 7) is 14.1. The predicted octanol–water partition coefficient (Wildman–Crippen LogP) is 2.49. The molecule has 3 aliphatic rings. The number of piperazine rings is 2. The standard InChI is InChI=1S/C29H41N5O3S/c35-20-24-37-23-19-32-11-9-31(10-12-32)17-21-36-22-18-33-13-15-34(16-14-33)29-25-5-1-3-7-27(25)38-28-8-4-2-6-26(28)30-29/h1-8,35H,9-24H2. The van der Waals surface area contributed by atoms with Crippen molar-refractivity contribution in [3.63, 3.8) is 0 Å². The molecule has 0 unspecified atom stereocenters. The van der Waals surface area contributed by atoms with E-state index in [1.54, 1.807) is 0 Å². The summed E-state index contributed by atoms with van der Waals surface area (Å²) in [5.41, 5.74) is 2.30. The van der Waals surface area contributed by atoms with Crippen molar-refractivity contribution in [1.82, 2.24) is 19.6 Å². The number of benzene rings is 2. The number of fused-ring (bicyclic) bond motifs is 2. The van der Waals surface area contributed by atoms with Crippen molar-refractivity contribution in [3.8, 4) is 0 Å². The second kappa shape index (κ2) is 14.4. The van der Waals surface area contributed by atoms with Crippen LogP contribution in [-0.4, -0.2) is 136 Å². The van der Waals surface area contributed by atoms with Crippen LogP contribution in [0.25, 0.3) is 0 Å².